The van der Waals surface area contributed by atoms with Gasteiger partial charge in [0.25, 0.3) is 0 Å². The van der Waals surface area contributed by atoms with Gasteiger partial charge in [-0.05, 0) is 13.8 Å². The Morgan fingerprint density at radius 3 is 2.85 bits per heavy atom. The molecule has 13 heavy (non-hydrogen) atoms. The predicted molar refractivity (Wildman–Crippen MR) is 51.4 cm³/mol. The van der Waals surface area contributed by atoms with Gasteiger partial charge >= 0.3 is 6.16 Å². The molecular weight excluding hydrogens is 210 g/mol. The minimum absolute atomic E-state index is 0.0989. The molecule has 0 aliphatic heterocycles. The molecule has 0 aliphatic rings. The van der Waals surface area contributed by atoms with Gasteiger partial charge in [-0.15, -0.1) is 11.3 Å². The van der Waals surface area contributed by atoms with Crippen LogP contribution >= 0.6 is 23.1 Å². The molecule has 0 unspecified atom stereocenters. The second-order valence-corrected chi connectivity index (χ2v) is 4.67. The number of aromatic nitrogens is 1. The van der Waals surface area contributed by atoms with E-state index >= 15 is 0 Å². The lowest BCUT2D eigenvalue weighted by molar-refractivity contribution is 0.109. The van der Waals surface area contributed by atoms with E-state index < -0.39 is 6.16 Å². The van der Waals surface area contributed by atoms with E-state index in [1.165, 1.54) is 11.8 Å². The van der Waals surface area contributed by atoms with Gasteiger partial charge in [-0.2, -0.15) is 0 Å². The summed E-state index contributed by atoms with van der Waals surface area (Å²) in [7, 11) is 0. The van der Waals surface area contributed by atoms with Crippen LogP contribution in [0.2, 0.25) is 0 Å². The van der Waals surface area contributed by atoms with Crippen molar-refractivity contribution in [3.8, 4) is 0 Å². The van der Waals surface area contributed by atoms with Gasteiger partial charge in [0, 0.05) is 4.88 Å². The van der Waals surface area contributed by atoms with E-state index in [1.54, 1.807) is 11.3 Å². The number of thioether (sulfide) groups is 1. The highest BCUT2D eigenvalue weighted by atomic mass is 32.2. The van der Waals surface area contributed by atoms with Crippen LogP contribution in [0.1, 0.15) is 10.6 Å². The SMILES string of the molecule is Cc1nc(SCOC(=O)O)sc1C. The Balaban J connectivity index is 2.41. The molecule has 4 nitrogen and oxygen atoms in total. The van der Waals surface area contributed by atoms with Crippen LogP contribution in [0.15, 0.2) is 4.34 Å². The fourth-order valence-electron chi connectivity index (χ4n) is 0.635. The summed E-state index contributed by atoms with van der Waals surface area (Å²) in [4.78, 5) is 15.4. The van der Waals surface area contributed by atoms with E-state index in [0.717, 1.165) is 14.9 Å². The van der Waals surface area contributed by atoms with Crippen LogP contribution < -0.4 is 0 Å². The maximum Gasteiger partial charge on any atom is 0.506 e. The second-order valence-electron chi connectivity index (χ2n) is 2.29. The van der Waals surface area contributed by atoms with Gasteiger partial charge in [0.15, 0.2) is 4.34 Å². The van der Waals surface area contributed by atoms with Crippen LogP contribution in [0, 0.1) is 13.8 Å². The zero-order valence-corrected chi connectivity index (χ0v) is 8.87. The first-order valence-electron chi connectivity index (χ1n) is 3.52. The molecule has 0 saturated heterocycles. The van der Waals surface area contributed by atoms with Crippen LogP contribution in [0.3, 0.4) is 0 Å². The molecular formula is C7H9NO3S2. The van der Waals surface area contributed by atoms with Gasteiger partial charge < -0.3 is 9.84 Å². The van der Waals surface area contributed by atoms with Crippen molar-refractivity contribution in [3.05, 3.63) is 10.6 Å². The molecule has 1 aromatic rings. The molecule has 0 amide bonds. The summed E-state index contributed by atoms with van der Waals surface area (Å²) in [5, 5.41) is 8.20. The van der Waals surface area contributed by atoms with Crippen molar-refractivity contribution in [1.29, 1.82) is 0 Å². The van der Waals surface area contributed by atoms with Crippen LogP contribution in [-0.2, 0) is 4.74 Å². The topological polar surface area (TPSA) is 59.4 Å². The summed E-state index contributed by atoms with van der Waals surface area (Å²) in [6, 6.07) is 0. The van der Waals surface area contributed by atoms with Crippen LogP contribution in [0.25, 0.3) is 0 Å². The van der Waals surface area contributed by atoms with Crippen molar-refractivity contribution in [2.75, 3.05) is 5.94 Å². The highest BCUT2D eigenvalue weighted by Crippen LogP contribution is 2.26. The molecule has 0 fully saturated rings. The number of ether oxygens (including phenoxy) is 1. The summed E-state index contributed by atoms with van der Waals surface area (Å²) < 4.78 is 5.18. The molecule has 1 rings (SSSR count). The number of thiazole rings is 1. The Bertz CT molecular complexity index is 291. The third kappa shape index (κ3) is 3.23. The lowest BCUT2D eigenvalue weighted by atomic mass is 10.4. The Kier molecular flexibility index (Phi) is 3.56. The summed E-state index contributed by atoms with van der Waals surface area (Å²) in [5.74, 6) is 0.0989. The highest BCUT2D eigenvalue weighted by Gasteiger charge is 2.04. The lowest BCUT2D eigenvalue weighted by Crippen LogP contribution is -1.98. The van der Waals surface area contributed by atoms with E-state index in [1.807, 2.05) is 13.8 Å². The number of aryl methyl sites for hydroxylation is 2. The number of nitrogens with zero attached hydrogens (tertiary/aromatic N) is 1. The summed E-state index contributed by atoms with van der Waals surface area (Å²) in [6.45, 7) is 3.91. The fourth-order valence-corrected chi connectivity index (χ4v) is 2.49. The number of hydrogen-bond acceptors (Lipinski definition) is 5. The summed E-state index contributed by atoms with van der Waals surface area (Å²) in [5.41, 5.74) is 0.989. The van der Waals surface area contributed by atoms with Crippen molar-refractivity contribution < 1.29 is 14.6 Å². The lowest BCUT2D eigenvalue weighted by Gasteiger charge is -1.95. The first-order valence-corrected chi connectivity index (χ1v) is 5.32. The molecule has 6 heteroatoms. The monoisotopic (exact) mass is 219 g/mol. The quantitative estimate of drug-likeness (QED) is 0.481. The Hall–Kier alpha value is -0.750. The molecule has 0 aliphatic carbocycles. The van der Waals surface area contributed by atoms with Gasteiger partial charge in [-0.3, -0.25) is 0 Å². The first-order chi connectivity index (χ1) is 6.09. The number of carboxylic acid groups (broad SMARTS) is 1. The van der Waals surface area contributed by atoms with E-state index in [2.05, 4.69) is 9.72 Å². The van der Waals surface area contributed by atoms with E-state index in [9.17, 15) is 4.79 Å². The minimum Gasteiger partial charge on any atom is -0.450 e. The third-order valence-electron chi connectivity index (χ3n) is 1.37. The maximum absolute atomic E-state index is 10.0. The van der Waals surface area contributed by atoms with Crippen molar-refractivity contribution in [2.24, 2.45) is 0 Å². The van der Waals surface area contributed by atoms with Gasteiger partial charge in [0.2, 0.25) is 0 Å². The normalized spacial score (nSPS) is 10.0. The van der Waals surface area contributed by atoms with Crippen molar-refractivity contribution in [3.63, 3.8) is 0 Å². The van der Waals surface area contributed by atoms with Crippen molar-refractivity contribution in [2.45, 2.75) is 18.2 Å². The maximum atomic E-state index is 10.0. The second kappa shape index (κ2) is 4.48. The summed E-state index contributed by atoms with van der Waals surface area (Å²) >= 11 is 2.83. The zero-order chi connectivity index (χ0) is 9.84. The highest BCUT2D eigenvalue weighted by molar-refractivity contribution is 8.00. The van der Waals surface area contributed by atoms with Crippen LogP contribution in [-0.4, -0.2) is 22.2 Å². The summed E-state index contributed by atoms with van der Waals surface area (Å²) in [6.07, 6.45) is -1.25. The smallest absolute Gasteiger partial charge is 0.450 e. The Labute approximate surface area is 83.9 Å². The Morgan fingerprint density at radius 2 is 2.38 bits per heavy atom. The van der Waals surface area contributed by atoms with Crippen LogP contribution in [0.4, 0.5) is 4.79 Å². The molecule has 0 radical (unpaired) electrons. The minimum atomic E-state index is -1.25. The Morgan fingerprint density at radius 1 is 1.69 bits per heavy atom. The average Bonchev–Trinajstić information content (AvgIpc) is 2.30. The van der Waals surface area contributed by atoms with Crippen molar-refractivity contribution in [1.82, 2.24) is 4.98 Å². The average molecular weight is 219 g/mol. The predicted octanol–water partition coefficient (Wildman–Crippen LogP) is 2.50. The van der Waals surface area contributed by atoms with Gasteiger partial charge in [-0.1, -0.05) is 11.8 Å². The number of carbonyl (C=O) groups is 1. The molecule has 1 N–H and O–H groups in total. The van der Waals surface area contributed by atoms with Crippen LogP contribution in [0.5, 0.6) is 0 Å². The molecule has 0 saturated carbocycles. The zero-order valence-electron chi connectivity index (χ0n) is 7.23. The molecule has 0 aromatic carbocycles. The number of rotatable bonds is 3. The standard InChI is InChI=1S/C7H9NO3S2/c1-4-5(2)13-6(8-4)12-3-11-7(9)10/h3H2,1-2H3,(H,9,10). The molecule has 1 heterocycles. The molecule has 72 valence electrons. The first kappa shape index (κ1) is 10.3. The molecule has 0 bridgehead atoms. The molecule has 0 atom stereocenters. The molecule has 0 spiro atoms. The largest absolute Gasteiger partial charge is 0.506 e. The third-order valence-corrected chi connectivity index (χ3v) is 3.42. The van der Waals surface area contributed by atoms with Gasteiger partial charge in [-0.25, -0.2) is 9.78 Å². The van der Waals surface area contributed by atoms with E-state index in [-0.39, 0.29) is 5.94 Å². The van der Waals surface area contributed by atoms with E-state index in [4.69, 9.17) is 5.11 Å². The van der Waals surface area contributed by atoms with Gasteiger partial charge in [0.1, 0.15) is 5.94 Å². The van der Waals surface area contributed by atoms with Gasteiger partial charge in [0.05, 0.1) is 5.69 Å². The van der Waals surface area contributed by atoms with Crippen molar-refractivity contribution >= 4 is 29.3 Å². The number of hydrogen-bond donors (Lipinski definition) is 1. The molecule has 1 aromatic heterocycles. The fraction of sp³-hybridized carbons (Fsp3) is 0.429. The van der Waals surface area contributed by atoms with E-state index in [0.29, 0.717) is 0 Å².